The maximum atomic E-state index is 12.5. The number of rotatable bonds is 7. The van der Waals surface area contributed by atoms with Crippen molar-refractivity contribution in [2.75, 3.05) is 13.1 Å². The van der Waals surface area contributed by atoms with Gasteiger partial charge in [-0.3, -0.25) is 4.79 Å². The van der Waals surface area contributed by atoms with E-state index >= 15 is 0 Å². The van der Waals surface area contributed by atoms with Crippen molar-refractivity contribution in [3.05, 3.63) is 65.7 Å². The molecule has 1 amide bonds. The van der Waals surface area contributed by atoms with Gasteiger partial charge in [-0.2, -0.15) is 4.31 Å². The van der Waals surface area contributed by atoms with E-state index in [1.54, 1.807) is 12.1 Å². The van der Waals surface area contributed by atoms with Gasteiger partial charge in [-0.1, -0.05) is 30.3 Å². The predicted octanol–water partition coefficient (Wildman–Crippen LogP) is 3.22. The Morgan fingerprint density at radius 2 is 1.67 bits per heavy atom. The highest BCUT2D eigenvalue weighted by atomic mass is 32.2. The fraction of sp³-hybridized carbons (Fsp3) is 0.381. The topological polar surface area (TPSA) is 66.5 Å². The van der Waals surface area contributed by atoms with E-state index < -0.39 is 10.0 Å². The Kier molecular flexibility index (Phi) is 6.29. The molecule has 6 heteroatoms. The van der Waals surface area contributed by atoms with Gasteiger partial charge in [0.1, 0.15) is 0 Å². The summed E-state index contributed by atoms with van der Waals surface area (Å²) in [5, 5.41) is 2.98. The third-order valence-corrected chi connectivity index (χ3v) is 6.82. The summed E-state index contributed by atoms with van der Waals surface area (Å²) in [6.45, 7) is 3.13. The number of hydrogen-bond acceptors (Lipinski definition) is 3. The number of benzene rings is 2. The summed E-state index contributed by atoms with van der Waals surface area (Å²) in [5.74, 6) is -0.180. The Bertz CT molecular complexity index is 858. The van der Waals surface area contributed by atoms with Crippen molar-refractivity contribution >= 4 is 15.9 Å². The molecule has 2 aromatic rings. The molecular formula is C21H26N2O3S. The Hall–Kier alpha value is -2.18. The average molecular weight is 387 g/mol. The quantitative estimate of drug-likeness (QED) is 0.794. The molecule has 1 aliphatic heterocycles. The maximum Gasteiger partial charge on any atom is 0.251 e. The van der Waals surface area contributed by atoms with Crippen molar-refractivity contribution in [3.8, 4) is 0 Å². The first-order valence-electron chi connectivity index (χ1n) is 9.42. The molecule has 5 nitrogen and oxygen atoms in total. The van der Waals surface area contributed by atoms with Gasteiger partial charge in [0.25, 0.3) is 5.91 Å². The summed E-state index contributed by atoms with van der Waals surface area (Å²) < 4.78 is 26.6. The monoisotopic (exact) mass is 386 g/mol. The van der Waals surface area contributed by atoms with Gasteiger partial charge in [0, 0.05) is 24.7 Å². The summed E-state index contributed by atoms with van der Waals surface area (Å²) in [6, 6.07) is 16.4. The van der Waals surface area contributed by atoms with Gasteiger partial charge in [-0.05, 0) is 62.4 Å². The maximum absolute atomic E-state index is 12.5. The highest BCUT2D eigenvalue weighted by Crippen LogP contribution is 2.21. The summed E-state index contributed by atoms with van der Waals surface area (Å²) >= 11 is 0. The molecule has 1 atom stereocenters. The molecule has 144 valence electrons. The predicted molar refractivity (Wildman–Crippen MR) is 106 cm³/mol. The number of hydrogen-bond donors (Lipinski definition) is 1. The summed E-state index contributed by atoms with van der Waals surface area (Å²) in [6.07, 6.45) is 3.55. The number of sulfonamides is 1. The van der Waals surface area contributed by atoms with Crippen molar-refractivity contribution < 1.29 is 13.2 Å². The second-order valence-electron chi connectivity index (χ2n) is 7.03. The smallest absolute Gasteiger partial charge is 0.251 e. The lowest BCUT2D eigenvalue weighted by molar-refractivity contribution is 0.0938. The highest BCUT2D eigenvalue weighted by molar-refractivity contribution is 7.89. The van der Waals surface area contributed by atoms with E-state index in [2.05, 4.69) is 17.4 Å². The number of aryl methyl sites for hydroxylation is 1. The second-order valence-corrected chi connectivity index (χ2v) is 8.97. The van der Waals surface area contributed by atoms with Crippen LogP contribution in [0.2, 0.25) is 0 Å². The zero-order chi connectivity index (χ0) is 19.3. The minimum atomic E-state index is -3.44. The van der Waals surface area contributed by atoms with Crippen LogP contribution in [0.15, 0.2) is 59.5 Å². The summed E-state index contributed by atoms with van der Waals surface area (Å²) in [5.41, 5.74) is 1.72. The normalized spacial score (nSPS) is 16.2. The van der Waals surface area contributed by atoms with Crippen molar-refractivity contribution in [1.29, 1.82) is 0 Å². The molecule has 0 saturated carbocycles. The van der Waals surface area contributed by atoms with Gasteiger partial charge in [0.2, 0.25) is 10.0 Å². The van der Waals surface area contributed by atoms with E-state index in [9.17, 15) is 13.2 Å². The van der Waals surface area contributed by atoms with Crippen LogP contribution >= 0.6 is 0 Å². The second kappa shape index (κ2) is 8.67. The van der Waals surface area contributed by atoms with E-state index in [0.717, 1.165) is 25.7 Å². The standard InChI is InChI=1S/C21H26N2O3S/c1-17(9-10-18-7-3-2-4-8-18)22-21(24)19-11-13-20(14-12-19)27(25,26)23-15-5-6-16-23/h2-4,7-8,11-14,17H,5-6,9-10,15-16H2,1H3,(H,22,24). The molecule has 1 aliphatic rings. The number of carbonyl (C=O) groups excluding carboxylic acids is 1. The molecule has 0 bridgehead atoms. The van der Waals surface area contributed by atoms with Crippen LogP contribution in [-0.4, -0.2) is 37.8 Å². The number of nitrogens with zero attached hydrogens (tertiary/aromatic N) is 1. The molecule has 1 saturated heterocycles. The highest BCUT2D eigenvalue weighted by Gasteiger charge is 2.27. The molecule has 0 aliphatic carbocycles. The molecule has 0 radical (unpaired) electrons. The SMILES string of the molecule is CC(CCc1ccccc1)NC(=O)c1ccc(S(=O)(=O)N2CCCC2)cc1. The minimum absolute atomic E-state index is 0.0331. The molecule has 2 aromatic carbocycles. The van der Waals surface area contributed by atoms with E-state index in [-0.39, 0.29) is 16.8 Å². The molecule has 1 fully saturated rings. The lowest BCUT2D eigenvalue weighted by Gasteiger charge is -2.16. The fourth-order valence-corrected chi connectivity index (χ4v) is 4.78. The molecule has 1 heterocycles. The molecule has 0 spiro atoms. The molecule has 0 aromatic heterocycles. The van der Waals surface area contributed by atoms with Crippen LogP contribution in [0.1, 0.15) is 42.1 Å². The Morgan fingerprint density at radius 3 is 2.30 bits per heavy atom. The Balaban J connectivity index is 1.57. The first-order chi connectivity index (χ1) is 13.0. The van der Waals surface area contributed by atoms with Crippen LogP contribution in [0.5, 0.6) is 0 Å². The lowest BCUT2D eigenvalue weighted by atomic mass is 10.1. The van der Waals surface area contributed by atoms with Crippen LogP contribution in [0.25, 0.3) is 0 Å². The number of carbonyl (C=O) groups is 1. The van der Waals surface area contributed by atoms with Gasteiger partial charge >= 0.3 is 0 Å². The molecular weight excluding hydrogens is 360 g/mol. The fourth-order valence-electron chi connectivity index (χ4n) is 3.26. The largest absolute Gasteiger partial charge is 0.350 e. The van der Waals surface area contributed by atoms with Gasteiger partial charge < -0.3 is 5.32 Å². The molecule has 1 unspecified atom stereocenters. The first kappa shape index (κ1) is 19.6. The summed E-state index contributed by atoms with van der Waals surface area (Å²) in [7, 11) is -3.44. The van der Waals surface area contributed by atoms with Crippen LogP contribution in [0.3, 0.4) is 0 Å². The zero-order valence-electron chi connectivity index (χ0n) is 15.6. The summed E-state index contributed by atoms with van der Waals surface area (Å²) in [4.78, 5) is 12.7. The van der Waals surface area contributed by atoms with Crippen molar-refractivity contribution in [3.63, 3.8) is 0 Å². The Labute approximate surface area is 161 Å². The third kappa shape index (κ3) is 4.96. The minimum Gasteiger partial charge on any atom is -0.350 e. The van der Waals surface area contributed by atoms with Crippen LogP contribution < -0.4 is 5.32 Å². The number of nitrogens with one attached hydrogen (secondary N) is 1. The van der Waals surface area contributed by atoms with Crippen LogP contribution in [0, 0.1) is 0 Å². The Morgan fingerprint density at radius 1 is 1.04 bits per heavy atom. The van der Waals surface area contributed by atoms with Crippen LogP contribution in [-0.2, 0) is 16.4 Å². The average Bonchev–Trinajstić information content (AvgIpc) is 3.23. The zero-order valence-corrected chi connectivity index (χ0v) is 16.4. The van der Waals surface area contributed by atoms with E-state index in [1.165, 1.54) is 22.0 Å². The lowest BCUT2D eigenvalue weighted by Crippen LogP contribution is -2.33. The molecule has 3 rings (SSSR count). The van der Waals surface area contributed by atoms with Crippen molar-refractivity contribution in [2.24, 2.45) is 0 Å². The third-order valence-electron chi connectivity index (χ3n) is 4.91. The van der Waals surface area contributed by atoms with E-state index in [0.29, 0.717) is 18.7 Å². The van der Waals surface area contributed by atoms with E-state index in [1.807, 2.05) is 25.1 Å². The van der Waals surface area contributed by atoms with Gasteiger partial charge in [-0.25, -0.2) is 8.42 Å². The molecule has 1 N–H and O–H groups in total. The van der Waals surface area contributed by atoms with Crippen LogP contribution in [0.4, 0.5) is 0 Å². The van der Waals surface area contributed by atoms with Gasteiger partial charge in [0.05, 0.1) is 4.90 Å². The first-order valence-corrected chi connectivity index (χ1v) is 10.9. The van der Waals surface area contributed by atoms with Gasteiger partial charge in [0.15, 0.2) is 0 Å². The number of amides is 1. The van der Waals surface area contributed by atoms with Crippen molar-refractivity contribution in [2.45, 2.75) is 43.5 Å². The van der Waals surface area contributed by atoms with E-state index in [4.69, 9.17) is 0 Å². The van der Waals surface area contributed by atoms with Gasteiger partial charge in [-0.15, -0.1) is 0 Å². The molecule has 27 heavy (non-hydrogen) atoms. The van der Waals surface area contributed by atoms with Crippen molar-refractivity contribution in [1.82, 2.24) is 9.62 Å².